The highest BCUT2D eigenvalue weighted by Gasteiger charge is 2.11. The van der Waals surface area contributed by atoms with E-state index < -0.39 is 0 Å². The zero-order valence-corrected chi connectivity index (χ0v) is 10.9. The molecule has 0 unspecified atom stereocenters. The van der Waals surface area contributed by atoms with E-state index in [9.17, 15) is 0 Å². The molecule has 0 aliphatic carbocycles. The maximum absolute atomic E-state index is 4.44. The van der Waals surface area contributed by atoms with Crippen LogP contribution in [0, 0.1) is 0 Å². The Morgan fingerprint density at radius 3 is 2.71 bits per heavy atom. The Hall–Kier alpha value is -3.15. The van der Waals surface area contributed by atoms with Crippen molar-refractivity contribution in [1.82, 2.24) is 30.1 Å². The molecule has 0 saturated heterocycles. The molecule has 4 rings (SSSR count). The van der Waals surface area contributed by atoms with E-state index in [0.29, 0.717) is 0 Å². The Morgan fingerprint density at radius 1 is 0.905 bits per heavy atom. The van der Waals surface area contributed by atoms with Gasteiger partial charge < -0.3 is 0 Å². The highest BCUT2D eigenvalue weighted by Crippen LogP contribution is 2.27. The van der Waals surface area contributed by atoms with E-state index in [2.05, 4.69) is 30.1 Å². The summed E-state index contributed by atoms with van der Waals surface area (Å²) in [7, 11) is 0. The van der Waals surface area contributed by atoms with Crippen LogP contribution >= 0.6 is 0 Å². The molecule has 0 aliphatic rings. The van der Waals surface area contributed by atoms with E-state index in [4.69, 9.17) is 0 Å². The number of rotatable bonds is 2. The molecule has 6 heteroatoms. The largest absolute Gasteiger partial charge is 0.276 e. The number of H-pyrrole nitrogens is 1. The second kappa shape index (κ2) is 4.75. The van der Waals surface area contributed by atoms with Crippen LogP contribution in [0.2, 0.25) is 0 Å². The molecule has 0 aromatic carbocycles. The minimum Gasteiger partial charge on any atom is -0.276 e. The van der Waals surface area contributed by atoms with Crippen LogP contribution < -0.4 is 0 Å². The Balaban J connectivity index is 1.91. The minimum atomic E-state index is 0.777. The number of pyridine rings is 2. The first-order chi connectivity index (χ1) is 10.4. The van der Waals surface area contributed by atoms with Crippen LogP contribution in [0.5, 0.6) is 0 Å². The first kappa shape index (κ1) is 11.7. The number of aromatic nitrogens is 6. The van der Waals surface area contributed by atoms with Crippen molar-refractivity contribution in [3.63, 3.8) is 0 Å². The summed E-state index contributed by atoms with van der Waals surface area (Å²) in [6.07, 6.45) is 8.52. The van der Waals surface area contributed by atoms with Gasteiger partial charge in [0.2, 0.25) is 0 Å². The summed E-state index contributed by atoms with van der Waals surface area (Å²) in [5.41, 5.74) is 4.26. The van der Waals surface area contributed by atoms with Gasteiger partial charge in [0.05, 0.1) is 23.1 Å². The third kappa shape index (κ3) is 2.02. The summed E-state index contributed by atoms with van der Waals surface area (Å²) in [5, 5.41) is 8.28. The van der Waals surface area contributed by atoms with Crippen molar-refractivity contribution in [3.05, 3.63) is 55.4 Å². The van der Waals surface area contributed by atoms with E-state index in [1.165, 1.54) is 6.33 Å². The van der Waals surface area contributed by atoms with Crippen LogP contribution in [-0.4, -0.2) is 30.1 Å². The topological polar surface area (TPSA) is 80.2 Å². The molecule has 0 amide bonds. The van der Waals surface area contributed by atoms with Gasteiger partial charge in [-0.3, -0.25) is 15.1 Å². The normalized spacial score (nSPS) is 10.9. The Morgan fingerprint density at radius 2 is 1.90 bits per heavy atom. The summed E-state index contributed by atoms with van der Waals surface area (Å²) < 4.78 is 0. The zero-order valence-electron chi connectivity index (χ0n) is 10.9. The molecule has 1 N–H and O–H groups in total. The van der Waals surface area contributed by atoms with E-state index >= 15 is 0 Å². The fraction of sp³-hybridized carbons (Fsp3) is 0. The molecule has 100 valence electrons. The molecule has 0 atom stereocenters. The fourth-order valence-corrected chi connectivity index (χ4v) is 2.21. The van der Waals surface area contributed by atoms with Crippen molar-refractivity contribution in [1.29, 1.82) is 0 Å². The molecule has 6 nitrogen and oxygen atoms in total. The van der Waals surface area contributed by atoms with Crippen LogP contribution in [0.3, 0.4) is 0 Å². The minimum absolute atomic E-state index is 0.777. The van der Waals surface area contributed by atoms with Crippen LogP contribution in [0.25, 0.3) is 33.5 Å². The van der Waals surface area contributed by atoms with Gasteiger partial charge in [0.1, 0.15) is 12.0 Å². The lowest BCUT2D eigenvalue weighted by atomic mass is 10.1. The number of nitrogens with one attached hydrogen (secondary N) is 1. The fourth-order valence-electron chi connectivity index (χ4n) is 2.21. The number of aromatic amines is 1. The lowest BCUT2D eigenvalue weighted by molar-refractivity contribution is 1.09. The predicted octanol–water partition coefficient (Wildman–Crippen LogP) is 2.48. The molecule has 4 heterocycles. The summed E-state index contributed by atoms with van der Waals surface area (Å²) in [6, 6.07) is 7.70. The average molecular weight is 274 g/mol. The van der Waals surface area contributed by atoms with Gasteiger partial charge in [-0.25, -0.2) is 9.97 Å². The Kier molecular flexibility index (Phi) is 2.64. The van der Waals surface area contributed by atoms with E-state index in [-0.39, 0.29) is 0 Å². The van der Waals surface area contributed by atoms with Gasteiger partial charge in [0.15, 0.2) is 0 Å². The summed E-state index contributed by atoms with van der Waals surface area (Å²) in [6.45, 7) is 0. The van der Waals surface area contributed by atoms with Crippen LogP contribution in [0.4, 0.5) is 0 Å². The van der Waals surface area contributed by atoms with Crippen molar-refractivity contribution in [2.24, 2.45) is 0 Å². The van der Waals surface area contributed by atoms with Crippen molar-refractivity contribution in [2.75, 3.05) is 0 Å². The lowest BCUT2D eigenvalue weighted by Crippen LogP contribution is -1.86. The second-order valence-electron chi connectivity index (χ2n) is 4.52. The number of fused-ring (bicyclic) bond motifs is 1. The third-order valence-corrected chi connectivity index (χ3v) is 3.23. The SMILES string of the molecule is c1cncc(-c2cc3c(-c4ccncn4)n[nH]c3cn2)c1. The monoisotopic (exact) mass is 274 g/mol. The maximum atomic E-state index is 4.44. The molecule has 0 spiro atoms. The molecule has 0 aliphatic heterocycles. The first-order valence-corrected chi connectivity index (χ1v) is 6.43. The third-order valence-electron chi connectivity index (χ3n) is 3.23. The summed E-state index contributed by atoms with van der Waals surface area (Å²) >= 11 is 0. The lowest BCUT2D eigenvalue weighted by Gasteiger charge is -2.01. The average Bonchev–Trinajstić information content (AvgIpc) is 2.99. The van der Waals surface area contributed by atoms with Crippen LogP contribution in [-0.2, 0) is 0 Å². The summed E-state index contributed by atoms with van der Waals surface area (Å²) in [5.74, 6) is 0. The van der Waals surface area contributed by atoms with Crippen LogP contribution in [0.15, 0.2) is 55.4 Å². The molecule has 4 aromatic heterocycles. The molecule has 0 saturated carbocycles. The molecule has 0 fully saturated rings. The Labute approximate surface area is 120 Å². The number of nitrogens with zero attached hydrogens (tertiary/aromatic N) is 5. The van der Waals surface area contributed by atoms with Crippen molar-refractivity contribution >= 4 is 10.9 Å². The van der Waals surface area contributed by atoms with E-state index in [1.54, 1.807) is 24.8 Å². The molecular formula is C15H10N6. The predicted molar refractivity (Wildman–Crippen MR) is 78.1 cm³/mol. The molecular weight excluding hydrogens is 264 g/mol. The second-order valence-corrected chi connectivity index (χ2v) is 4.52. The van der Waals surface area contributed by atoms with Gasteiger partial charge in [-0.05, 0) is 24.3 Å². The number of hydrogen-bond acceptors (Lipinski definition) is 5. The molecule has 4 aromatic rings. The molecule has 21 heavy (non-hydrogen) atoms. The molecule has 0 radical (unpaired) electrons. The first-order valence-electron chi connectivity index (χ1n) is 6.43. The maximum Gasteiger partial charge on any atom is 0.119 e. The highest BCUT2D eigenvalue weighted by atomic mass is 15.1. The van der Waals surface area contributed by atoms with Gasteiger partial charge in [-0.2, -0.15) is 5.10 Å². The quantitative estimate of drug-likeness (QED) is 0.607. The highest BCUT2D eigenvalue weighted by molar-refractivity contribution is 5.93. The standard InChI is InChI=1S/C15H10N6/c1-2-10(7-16-4-1)13-6-11-14(8-18-13)20-21-15(11)12-3-5-17-9-19-12/h1-9H,(H,20,21). The van der Waals surface area contributed by atoms with Crippen molar-refractivity contribution in [2.45, 2.75) is 0 Å². The number of hydrogen-bond donors (Lipinski definition) is 1. The summed E-state index contributed by atoms with van der Waals surface area (Å²) in [4.78, 5) is 16.7. The van der Waals surface area contributed by atoms with Gasteiger partial charge >= 0.3 is 0 Å². The molecule has 0 bridgehead atoms. The van der Waals surface area contributed by atoms with E-state index in [0.717, 1.165) is 33.5 Å². The van der Waals surface area contributed by atoms with Gasteiger partial charge in [0, 0.05) is 29.5 Å². The van der Waals surface area contributed by atoms with Gasteiger partial charge in [-0.1, -0.05) is 0 Å². The van der Waals surface area contributed by atoms with Gasteiger partial charge in [-0.15, -0.1) is 0 Å². The van der Waals surface area contributed by atoms with Gasteiger partial charge in [0.25, 0.3) is 0 Å². The van der Waals surface area contributed by atoms with E-state index in [1.807, 2.05) is 24.3 Å². The van der Waals surface area contributed by atoms with Crippen molar-refractivity contribution in [3.8, 4) is 22.6 Å². The smallest absolute Gasteiger partial charge is 0.119 e. The zero-order chi connectivity index (χ0) is 14.1. The van der Waals surface area contributed by atoms with Crippen molar-refractivity contribution < 1.29 is 0 Å². The Bertz CT molecular complexity index is 886. The van der Waals surface area contributed by atoms with Crippen LogP contribution in [0.1, 0.15) is 0 Å².